The SMILES string of the molecule is NC(=O)Nc1ccc(SC(F)(F)C(F)(F)C(F)(F)F)cc1F. The van der Waals surface area contributed by atoms with Gasteiger partial charge in [0.15, 0.2) is 0 Å². The maximum atomic E-state index is 13.4. The van der Waals surface area contributed by atoms with Gasteiger partial charge in [-0.3, -0.25) is 0 Å². The number of anilines is 1. The highest BCUT2D eigenvalue weighted by molar-refractivity contribution is 8.00. The molecule has 12 heteroatoms. The second-order valence-corrected chi connectivity index (χ2v) is 5.01. The quantitative estimate of drug-likeness (QED) is 0.629. The molecule has 1 aromatic carbocycles. The molecule has 1 rings (SSSR count). The Hall–Kier alpha value is -1.72. The number of carbonyl (C=O) groups is 1. The Kier molecular flexibility index (Phi) is 4.85. The van der Waals surface area contributed by atoms with E-state index in [2.05, 4.69) is 5.73 Å². The molecular weight excluding hydrogens is 348 g/mol. The van der Waals surface area contributed by atoms with Crippen LogP contribution in [0.2, 0.25) is 0 Å². The standard InChI is InChI=1S/C10H6F8N2OS/c11-5-3-4(1-2-6(5)20-7(19)21)22-10(17,18)8(12,13)9(14,15)16/h1-3H,(H3,19,20,21). The van der Waals surface area contributed by atoms with E-state index in [1.54, 1.807) is 5.32 Å². The van der Waals surface area contributed by atoms with Crippen molar-refractivity contribution in [3.05, 3.63) is 24.0 Å². The van der Waals surface area contributed by atoms with Crippen LogP contribution >= 0.6 is 11.8 Å². The summed E-state index contributed by atoms with van der Waals surface area (Å²) in [5.41, 5.74) is 4.12. The number of carbonyl (C=O) groups excluding carboxylic acids is 1. The Morgan fingerprint density at radius 2 is 1.64 bits per heavy atom. The highest BCUT2D eigenvalue weighted by Gasteiger charge is 2.73. The number of benzene rings is 1. The molecule has 0 aliphatic heterocycles. The molecule has 0 aliphatic rings. The van der Waals surface area contributed by atoms with Crippen LogP contribution in [0.15, 0.2) is 23.1 Å². The van der Waals surface area contributed by atoms with Crippen molar-refractivity contribution in [1.29, 1.82) is 0 Å². The molecule has 0 atom stereocenters. The summed E-state index contributed by atoms with van der Waals surface area (Å²) in [6, 6.07) is 0.383. The van der Waals surface area contributed by atoms with Gasteiger partial charge in [0.2, 0.25) is 0 Å². The Morgan fingerprint density at radius 3 is 2.05 bits per heavy atom. The molecule has 0 bridgehead atoms. The summed E-state index contributed by atoms with van der Waals surface area (Å²) in [5.74, 6) is -7.65. The van der Waals surface area contributed by atoms with Crippen LogP contribution in [0.3, 0.4) is 0 Å². The van der Waals surface area contributed by atoms with Crippen LogP contribution in [-0.2, 0) is 0 Å². The van der Waals surface area contributed by atoms with Gasteiger partial charge in [-0.15, -0.1) is 0 Å². The van der Waals surface area contributed by atoms with Gasteiger partial charge in [-0.2, -0.15) is 30.7 Å². The summed E-state index contributed by atoms with van der Waals surface area (Å²) >= 11 is -1.17. The number of urea groups is 1. The lowest BCUT2D eigenvalue weighted by molar-refractivity contribution is -0.330. The van der Waals surface area contributed by atoms with Crippen molar-refractivity contribution in [3.63, 3.8) is 0 Å². The number of amides is 2. The van der Waals surface area contributed by atoms with Gasteiger partial charge < -0.3 is 11.1 Å². The Morgan fingerprint density at radius 1 is 1.09 bits per heavy atom. The number of primary amides is 1. The minimum Gasteiger partial charge on any atom is -0.351 e. The first-order valence-corrected chi connectivity index (χ1v) is 5.97. The van der Waals surface area contributed by atoms with E-state index in [1.165, 1.54) is 0 Å². The Balaban J connectivity index is 3.04. The van der Waals surface area contributed by atoms with Crippen molar-refractivity contribution in [2.45, 2.75) is 22.2 Å². The van der Waals surface area contributed by atoms with Gasteiger partial charge in [0.25, 0.3) is 0 Å². The van der Waals surface area contributed by atoms with Crippen molar-refractivity contribution in [2.75, 3.05) is 5.32 Å². The summed E-state index contributed by atoms with van der Waals surface area (Å²) in [5, 5.41) is -3.80. The summed E-state index contributed by atoms with van der Waals surface area (Å²) in [6.45, 7) is 0. The topological polar surface area (TPSA) is 55.1 Å². The molecule has 0 spiro atoms. The molecule has 22 heavy (non-hydrogen) atoms. The minimum atomic E-state index is -6.48. The molecule has 124 valence electrons. The molecule has 1 aromatic rings. The molecule has 0 aromatic heterocycles. The zero-order valence-corrected chi connectivity index (χ0v) is 11.0. The van der Waals surface area contributed by atoms with Crippen LogP contribution in [0, 0.1) is 5.82 Å². The van der Waals surface area contributed by atoms with Gasteiger partial charge in [-0.05, 0) is 30.0 Å². The van der Waals surface area contributed by atoms with E-state index in [-0.39, 0.29) is 6.07 Å². The lowest BCUT2D eigenvalue weighted by Gasteiger charge is -2.27. The molecule has 0 saturated heterocycles. The van der Waals surface area contributed by atoms with E-state index in [4.69, 9.17) is 0 Å². The number of halogens is 8. The van der Waals surface area contributed by atoms with E-state index in [0.717, 1.165) is 0 Å². The molecule has 2 amide bonds. The minimum absolute atomic E-state index is 0.260. The zero-order valence-electron chi connectivity index (χ0n) is 10.1. The maximum Gasteiger partial charge on any atom is 0.460 e. The van der Waals surface area contributed by atoms with Crippen molar-refractivity contribution in [1.82, 2.24) is 0 Å². The van der Waals surface area contributed by atoms with Crippen molar-refractivity contribution >= 4 is 23.5 Å². The van der Waals surface area contributed by atoms with E-state index >= 15 is 0 Å². The van der Waals surface area contributed by atoms with Crippen LogP contribution in [-0.4, -0.2) is 23.4 Å². The molecule has 0 fully saturated rings. The fourth-order valence-electron chi connectivity index (χ4n) is 1.17. The zero-order chi connectivity index (χ0) is 17.3. The molecule has 3 nitrogen and oxygen atoms in total. The van der Waals surface area contributed by atoms with Crippen molar-refractivity contribution in [2.24, 2.45) is 5.73 Å². The molecule has 0 unspecified atom stereocenters. The lowest BCUT2D eigenvalue weighted by atomic mass is 10.3. The molecule has 0 aliphatic carbocycles. The lowest BCUT2D eigenvalue weighted by Crippen LogP contribution is -2.49. The Labute approximate surface area is 121 Å². The first kappa shape index (κ1) is 18.3. The summed E-state index contributed by atoms with van der Waals surface area (Å²) in [7, 11) is 0. The average molecular weight is 354 g/mol. The Bertz CT molecular complexity index is 575. The van der Waals surface area contributed by atoms with Crippen LogP contribution in [0.25, 0.3) is 0 Å². The number of nitrogens with one attached hydrogen (secondary N) is 1. The maximum absolute atomic E-state index is 13.4. The normalized spacial score (nSPS) is 13.1. The van der Waals surface area contributed by atoms with E-state index in [1.807, 2.05) is 0 Å². The number of alkyl halides is 7. The van der Waals surface area contributed by atoms with Gasteiger partial charge in [-0.1, -0.05) is 0 Å². The first-order valence-electron chi connectivity index (χ1n) is 5.15. The fraction of sp³-hybridized carbons (Fsp3) is 0.300. The predicted octanol–water partition coefficient (Wildman–Crippen LogP) is 4.20. The number of hydrogen-bond acceptors (Lipinski definition) is 2. The fourth-order valence-corrected chi connectivity index (χ4v) is 2.01. The second-order valence-electron chi connectivity index (χ2n) is 3.82. The van der Waals surface area contributed by atoms with Gasteiger partial charge in [0.1, 0.15) is 5.82 Å². The highest BCUT2D eigenvalue weighted by atomic mass is 32.2. The molecule has 0 saturated carbocycles. The molecule has 3 N–H and O–H groups in total. The predicted molar refractivity (Wildman–Crippen MR) is 61.4 cm³/mol. The number of nitrogens with two attached hydrogens (primary N) is 1. The van der Waals surface area contributed by atoms with E-state index in [0.29, 0.717) is 12.1 Å². The monoisotopic (exact) mass is 354 g/mol. The number of hydrogen-bond donors (Lipinski definition) is 2. The molecule has 0 radical (unpaired) electrons. The van der Waals surface area contributed by atoms with Gasteiger partial charge in [0.05, 0.1) is 5.69 Å². The molecular formula is C10H6F8N2OS. The number of thioether (sulfide) groups is 1. The third kappa shape index (κ3) is 3.72. The first-order chi connectivity index (χ1) is 9.78. The van der Waals surface area contributed by atoms with Crippen molar-refractivity contribution in [3.8, 4) is 0 Å². The summed E-state index contributed by atoms with van der Waals surface area (Å²) in [6.07, 6.45) is -6.48. The van der Waals surface area contributed by atoms with Crippen LogP contribution in [0.5, 0.6) is 0 Å². The third-order valence-corrected chi connectivity index (χ3v) is 3.17. The largest absolute Gasteiger partial charge is 0.460 e. The highest BCUT2D eigenvalue weighted by Crippen LogP contribution is 2.53. The van der Waals surface area contributed by atoms with Gasteiger partial charge >= 0.3 is 23.4 Å². The number of rotatable bonds is 4. The van der Waals surface area contributed by atoms with E-state index in [9.17, 15) is 39.9 Å². The van der Waals surface area contributed by atoms with Crippen LogP contribution in [0.1, 0.15) is 0 Å². The van der Waals surface area contributed by atoms with Crippen LogP contribution in [0.4, 0.5) is 45.6 Å². The van der Waals surface area contributed by atoms with E-state index < -0.39 is 51.5 Å². The van der Waals surface area contributed by atoms with Gasteiger partial charge in [0, 0.05) is 4.90 Å². The smallest absolute Gasteiger partial charge is 0.351 e. The summed E-state index contributed by atoms with van der Waals surface area (Å²) < 4.78 is 101. The third-order valence-electron chi connectivity index (χ3n) is 2.17. The van der Waals surface area contributed by atoms with Crippen LogP contribution < -0.4 is 11.1 Å². The molecule has 0 heterocycles. The second kappa shape index (κ2) is 5.82. The van der Waals surface area contributed by atoms with Gasteiger partial charge in [-0.25, -0.2) is 9.18 Å². The summed E-state index contributed by atoms with van der Waals surface area (Å²) in [4.78, 5) is 9.57. The van der Waals surface area contributed by atoms with Crippen molar-refractivity contribution < 1.29 is 39.9 Å². The average Bonchev–Trinajstić information content (AvgIpc) is 2.30.